The zero-order valence-corrected chi connectivity index (χ0v) is 12.9. The predicted molar refractivity (Wildman–Crippen MR) is 81.3 cm³/mol. The predicted octanol–water partition coefficient (Wildman–Crippen LogP) is 3.28. The summed E-state index contributed by atoms with van der Waals surface area (Å²) in [4.78, 5) is 2.87. The Morgan fingerprint density at radius 1 is 1.00 bits per heavy atom. The summed E-state index contributed by atoms with van der Waals surface area (Å²) in [5, 5.41) is 3.76. The molecule has 110 valence electrons. The van der Waals surface area contributed by atoms with Crippen LogP contribution in [0, 0.1) is 17.8 Å². The van der Waals surface area contributed by atoms with E-state index in [1.165, 1.54) is 58.0 Å². The maximum Gasteiger partial charge on any atom is 0.0108 e. The van der Waals surface area contributed by atoms with Crippen LogP contribution < -0.4 is 5.32 Å². The second kappa shape index (κ2) is 6.13. The van der Waals surface area contributed by atoms with Crippen molar-refractivity contribution in [3.8, 4) is 0 Å². The van der Waals surface area contributed by atoms with Crippen molar-refractivity contribution in [3.05, 3.63) is 0 Å². The molecular weight excluding hydrogens is 232 g/mol. The Morgan fingerprint density at radius 2 is 1.79 bits per heavy atom. The van der Waals surface area contributed by atoms with E-state index < -0.39 is 0 Å². The van der Waals surface area contributed by atoms with Gasteiger partial charge in [-0.25, -0.2) is 0 Å². The molecule has 2 heteroatoms. The second-order valence-corrected chi connectivity index (χ2v) is 7.47. The van der Waals surface area contributed by atoms with Gasteiger partial charge in [-0.3, -0.25) is 4.90 Å². The molecule has 3 aliphatic carbocycles. The molecule has 0 amide bonds. The van der Waals surface area contributed by atoms with Crippen molar-refractivity contribution in [1.82, 2.24) is 10.2 Å². The van der Waals surface area contributed by atoms with Crippen molar-refractivity contribution in [2.45, 2.75) is 70.9 Å². The van der Waals surface area contributed by atoms with Gasteiger partial charge in [-0.2, -0.15) is 0 Å². The normalized spacial score (nSPS) is 35.8. The topological polar surface area (TPSA) is 15.3 Å². The fraction of sp³-hybridized carbons (Fsp3) is 1.00. The molecule has 0 aromatic rings. The fourth-order valence-electron chi connectivity index (χ4n) is 3.98. The van der Waals surface area contributed by atoms with E-state index in [9.17, 15) is 0 Å². The largest absolute Gasteiger partial charge is 0.314 e. The second-order valence-electron chi connectivity index (χ2n) is 7.47. The van der Waals surface area contributed by atoms with Crippen molar-refractivity contribution >= 4 is 0 Å². The SMILES string of the molecule is CCNC1CCC(C)CC1CN(CC1CC1)C1CC1. The number of nitrogens with one attached hydrogen (secondary N) is 1. The van der Waals surface area contributed by atoms with E-state index in [0.29, 0.717) is 0 Å². The summed E-state index contributed by atoms with van der Waals surface area (Å²) in [6.45, 7) is 8.65. The Hall–Kier alpha value is -0.0800. The first-order valence-electron chi connectivity index (χ1n) is 8.73. The highest BCUT2D eigenvalue weighted by Gasteiger charge is 2.37. The fourth-order valence-corrected chi connectivity index (χ4v) is 3.98. The Labute approximate surface area is 119 Å². The van der Waals surface area contributed by atoms with Crippen LogP contribution >= 0.6 is 0 Å². The first-order valence-corrected chi connectivity index (χ1v) is 8.73. The third kappa shape index (κ3) is 3.95. The molecular formula is C17H32N2. The van der Waals surface area contributed by atoms with Crippen LogP contribution in [0.4, 0.5) is 0 Å². The van der Waals surface area contributed by atoms with E-state index in [1.807, 2.05) is 0 Å². The van der Waals surface area contributed by atoms with Crippen LogP contribution in [-0.2, 0) is 0 Å². The highest BCUT2D eigenvalue weighted by atomic mass is 15.2. The van der Waals surface area contributed by atoms with Gasteiger partial charge in [-0.1, -0.05) is 13.8 Å². The summed E-state index contributed by atoms with van der Waals surface area (Å²) in [5.41, 5.74) is 0. The highest BCUT2D eigenvalue weighted by molar-refractivity contribution is 4.92. The molecule has 0 aliphatic heterocycles. The Morgan fingerprint density at radius 3 is 2.42 bits per heavy atom. The minimum atomic E-state index is 0.793. The number of rotatable bonds is 7. The van der Waals surface area contributed by atoms with Gasteiger partial charge in [0.15, 0.2) is 0 Å². The first-order chi connectivity index (χ1) is 9.26. The average molecular weight is 264 g/mol. The molecule has 0 saturated heterocycles. The Balaban J connectivity index is 1.56. The zero-order chi connectivity index (χ0) is 13.2. The molecule has 2 nitrogen and oxygen atoms in total. The van der Waals surface area contributed by atoms with E-state index in [1.54, 1.807) is 0 Å². The molecule has 3 atom stereocenters. The lowest BCUT2D eigenvalue weighted by Gasteiger charge is -2.38. The maximum absolute atomic E-state index is 3.76. The quantitative estimate of drug-likeness (QED) is 0.759. The molecule has 3 saturated carbocycles. The molecule has 0 bridgehead atoms. The number of hydrogen-bond donors (Lipinski definition) is 1. The minimum absolute atomic E-state index is 0.793. The van der Waals surface area contributed by atoms with Crippen molar-refractivity contribution in [3.63, 3.8) is 0 Å². The van der Waals surface area contributed by atoms with Crippen LogP contribution in [0.2, 0.25) is 0 Å². The molecule has 0 spiro atoms. The number of nitrogens with zero attached hydrogens (tertiary/aromatic N) is 1. The lowest BCUT2D eigenvalue weighted by molar-refractivity contribution is 0.137. The van der Waals surface area contributed by atoms with Gasteiger partial charge in [0, 0.05) is 25.2 Å². The summed E-state index contributed by atoms with van der Waals surface area (Å²) in [5.74, 6) is 2.91. The molecule has 3 unspecified atom stereocenters. The van der Waals surface area contributed by atoms with Crippen LogP contribution in [0.5, 0.6) is 0 Å². The van der Waals surface area contributed by atoms with Crippen molar-refractivity contribution in [1.29, 1.82) is 0 Å². The van der Waals surface area contributed by atoms with Gasteiger partial charge in [-0.15, -0.1) is 0 Å². The molecule has 3 aliphatic rings. The van der Waals surface area contributed by atoms with Crippen LogP contribution in [0.1, 0.15) is 58.8 Å². The zero-order valence-electron chi connectivity index (χ0n) is 12.9. The monoisotopic (exact) mass is 264 g/mol. The van der Waals surface area contributed by atoms with Gasteiger partial charge in [0.25, 0.3) is 0 Å². The van der Waals surface area contributed by atoms with Gasteiger partial charge in [0.05, 0.1) is 0 Å². The molecule has 3 rings (SSSR count). The smallest absolute Gasteiger partial charge is 0.0108 e. The van der Waals surface area contributed by atoms with Crippen LogP contribution in [0.3, 0.4) is 0 Å². The highest BCUT2D eigenvalue weighted by Crippen LogP contribution is 2.37. The third-order valence-corrected chi connectivity index (χ3v) is 5.43. The van der Waals surface area contributed by atoms with E-state index in [-0.39, 0.29) is 0 Å². The van der Waals surface area contributed by atoms with Gasteiger partial charge in [-0.05, 0) is 69.2 Å². The van der Waals surface area contributed by atoms with Crippen LogP contribution in [0.15, 0.2) is 0 Å². The van der Waals surface area contributed by atoms with Gasteiger partial charge in [0.1, 0.15) is 0 Å². The Kier molecular flexibility index (Phi) is 4.48. The van der Waals surface area contributed by atoms with Crippen molar-refractivity contribution in [2.75, 3.05) is 19.6 Å². The summed E-state index contributed by atoms with van der Waals surface area (Å²) in [6.07, 6.45) is 10.2. The van der Waals surface area contributed by atoms with E-state index in [4.69, 9.17) is 0 Å². The summed E-state index contributed by atoms with van der Waals surface area (Å²) < 4.78 is 0. The molecule has 3 fully saturated rings. The van der Waals surface area contributed by atoms with E-state index in [0.717, 1.165) is 36.4 Å². The van der Waals surface area contributed by atoms with Gasteiger partial charge >= 0.3 is 0 Å². The first kappa shape index (κ1) is 13.9. The standard InChI is InChI=1S/C17H32N2/c1-3-18-17-9-4-13(2)10-15(17)12-19(16-7-8-16)11-14-5-6-14/h13-18H,3-12H2,1-2H3. The molecule has 19 heavy (non-hydrogen) atoms. The van der Waals surface area contributed by atoms with Crippen LogP contribution in [0.25, 0.3) is 0 Å². The molecule has 0 radical (unpaired) electrons. The third-order valence-electron chi connectivity index (χ3n) is 5.43. The Bertz CT molecular complexity index is 283. The average Bonchev–Trinajstić information content (AvgIpc) is 3.26. The molecule has 0 aromatic carbocycles. The van der Waals surface area contributed by atoms with Gasteiger partial charge in [0.2, 0.25) is 0 Å². The minimum Gasteiger partial charge on any atom is -0.314 e. The van der Waals surface area contributed by atoms with Crippen molar-refractivity contribution in [2.24, 2.45) is 17.8 Å². The lowest BCUT2D eigenvalue weighted by Crippen LogP contribution is -2.46. The molecule has 1 N–H and O–H groups in total. The summed E-state index contributed by atoms with van der Waals surface area (Å²) >= 11 is 0. The maximum atomic E-state index is 3.76. The lowest BCUT2D eigenvalue weighted by atomic mass is 9.78. The molecule has 0 heterocycles. The molecule has 0 aromatic heterocycles. The van der Waals surface area contributed by atoms with Crippen molar-refractivity contribution < 1.29 is 0 Å². The number of hydrogen-bond acceptors (Lipinski definition) is 2. The summed E-state index contributed by atoms with van der Waals surface area (Å²) in [7, 11) is 0. The van der Waals surface area contributed by atoms with Gasteiger partial charge < -0.3 is 5.32 Å². The van der Waals surface area contributed by atoms with E-state index >= 15 is 0 Å². The van der Waals surface area contributed by atoms with E-state index in [2.05, 4.69) is 24.1 Å². The summed E-state index contributed by atoms with van der Waals surface area (Å²) in [6, 6.07) is 1.75. The van der Waals surface area contributed by atoms with Crippen LogP contribution in [-0.4, -0.2) is 36.6 Å².